The van der Waals surface area contributed by atoms with Crippen LogP contribution in [0.25, 0.3) is 11.1 Å². The molecule has 140 valence electrons. The molecular weight excluding hydrogens is 364 g/mol. The molecule has 0 N–H and O–H groups in total. The number of rotatable bonds is 7. The van der Waals surface area contributed by atoms with Gasteiger partial charge < -0.3 is 4.74 Å². The van der Waals surface area contributed by atoms with Crippen molar-refractivity contribution in [3.8, 4) is 16.9 Å². The van der Waals surface area contributed by atoms with E-state index in [2.05, 4.69) is 5.10 Å². The van der Waals surface area contributed by atoms with Gasteiger partial charge in [-0.25, -0.2) is 8.42 Å². The van der Waals surface area contributed by atoms with Gasteiger partial charge in [-0.3, -0.25) is 4.79 Å². The normalized spacial score (nSPS) is 11.5. The van der Waals surface area contributed by atoms with Gasteiger partial charge in [-0.1, -0.05) is 42.5 Å². The number of benzene rings is 2. The molecule has 0 atom stereocenters. The van der Waals surface area contributed by atoms with Gasteiger partial charge in [-0.2, -0.15) is 9.19 Å². The number of ether oxygens (including phenoxy) is 1. The van der Waals surface area contributed by atoms with Crippen LogP contribution in [0.4, 0.5) is 0 Å². The zero-order valence-electron chi connectivity index (χ0n) is 15.1. The average molecular weight is 384 g/mol. The van der Waals surface area contributed by atoms with E-state index in [0.717, 1.165) is 9.65 Å². The second-order valence-corrected chi connectivity index (χ2v) is 8.65. The lowest BCUT2D eigenvalue weighted by atomic mass is 10.0. The van der Waals surface area contributed by atoms with Crippen LogP contribution in [0, 0.1) is 0 Å². The molecule has 0 unspecified atom stereocenters. The summed E-state index contributed by atoms with van der Waals surface area (Å²) in [5, 5.41) is 3.36. The first-order chi connectivity index (χ1) is 12.9. The molecule has 0 saturated heterocycles. The Labute approximate surface area is 158 Å². The molecule has 0 bridgehead atoms. The van der Waals surface area contributed by atoms with Crippen LogP contribution in [0.2, 0.25) is 0 Å². The van der Waals surface area contributed by atoms with Crippen LogP contribution < -0.4 is 4.74 Å². The first-order valence-corrected chi connectivity index (χ1v) is 9.98. The molecule has 3 aromatic rings. The summed E-state index contributed by atoms with van der Waals surface area (Å²) < 4.78 is 31.3. The summed E-state index contributed by atoms with van der Waals surface area (Å²) in [6.45, 7) is 3.50. The fraction of sp³-hybridized carbons (Fsp3) is 0.200. The Morgan fingerprint density at radius 2 is 1.85 bits per heavy atom. The molecule has 0 aliphatic heterocycles. The molecule has 1 aromatic heterocycles. The monoisotopic (exact) mass is 384 g/mol. The van der Waals surface area contributed by atoms with Crippen molar-refractivity contribution in [3.05, 3.63) is 72.1 Å². The molecule has 7 heteroatoms. The first-order valence-electron chi connectivity index (χ1n) is 8.48. The van der Waals surface area contributed by atoms with Crippen molar-refractivity contribution >= 4 is 16.3 Å². The predicted octanol–water partition coefficient (Wildman–Crippen LogP) is 3.53. The molecule has 0 fully saturated rings. The Morgan fingerprint density at radius 1 is 1.11 bits per heavy atom. The number of hydrogen-bond acceptors (Lipinski definition) is 5. The van der Waals surface area contributed by atoms with Crippen LogP contribution in [-0.2, 0) is 16.6 Å². The van der Waals surface area contributed by atoms with Gasteiger partial charge >= 0.3 is 0 Å². The van der Waals surface area contributed by atoms with Gasteiger partial charge in [0.05, 0.1) is 23.2 Å². The highest BCUT2D eigenvalue weighted by Crippen LogP contribution is 2.30. The van der Waals surface area contributed by atoms with Crippen molar-refractivity contribution < 1.29 is 17.9 Å². The topological polar surface area (TPSA) is 78.3 Å². The van der Waals surface area contributed by atoms with Gasteiger partial charge in [-0.05, 0) is 31.0 Å². The van der Waals surface area contributed by atoms with Crippen molar-refractivity contribution in [3.63, 3.8) is 0 Å². The number of carbonyl (C=O) groups is 1. The fourth-order valence-electron chi connectivity index (χ4n) is 2.58. The lowest BCUT2D eigenvalue weighted by Gasteiger charge is -2.11. The smallest absolute Gasteiger partial charge is 0.256 e. The number of nitrogens with zero attached hydrogens (tertiary/aromatic N) is 2. The number of hydrogen-bond donors (Lipinski definition) is 0. The Hall–Kier alpha value is -2.93. The maximum absolute atomic E-state index is 12.3. The Kier molecular flexibility index (Phi) is 5.41. The first kappa shape index (κ1) is 18.8. The molecule has 2 aromatic carbocycles. The zero-order valence-corrected chi connectivity index (χ0v) is 15.9. The van der Waals surface area contributed by atoms with E-state index >= 15 is 0 Å². The summed E-state index contributed by atoms with van der Waals surface area (Å²) in [5.74, 6) is 0.436. The van der Waals surface area contributed by atoms with Crippen molar-refractivity contribution in [1.29, 1.82) is 0 Å². The summed E-state index contributed by atoms with van der Waals surface area (Å²) in [6, 6.07) is 14.8. The summed E-state index contributed by atoms with van der Waals surface area (Å²) in [5.41, 5.74) is 2.44. The molecule has 0 spiro atoms. The van der Waals surface area contributed by atoms with E-state index in [4.69, 9.17) is 4.74 Å². The Bertz CT molecular complexity index is 1040. The summed E-state index contributed by atoms with van der Waals surface area (Å²) in [7, 11) is -3.55. The Balaban J connectivity index is 1.93. The summed E-state index contributed by atoms with van der Waals surface area (Å²) in [6.07, 6.45) is 3.56. The minimum atomic E-state index is -3.55. The van der Waals surface area contributed by atoms with E-state index in [1.54, 1.807) is 32.0 Å². The van der Waals surface area contributed by atoms with Gasteiger partial charge in [0.1, 0.15) is 12.4 Å². The molecule has 27 heavy (non-hydrogen) atoms. The maximum atomic E-state index is 12.3. The molecule has 6 nitrogen and oxygen atoms in total. The van der Waals surface area contributed by atoms with Crippen molar-refractivity contribution in [2.75, 3.05) is 0 Å². The van der Waals surface area contributed by atoms with Crippen LogP contribution in [-0.4, -0.2) is 29.1 Å². The van der Waals surface area contributed by atoms with Crippen molar-refractivity contribution in [2.24, 2.45) is 0 Å². The molecule has 0 aliphatic rings. The van der Waals surface area contributed by atoms with Crippen LogP contribution >= 0.6 is 0 Å². The molecular formula is C20H20N2O4S. The SMILES string of the molecule is CC(C)S(=O)(=O)n1cc(-c2cccc(OCc3ccccc3)c2C=O)cn1. The minimum Gasteiger partial charge on any atom is -0.488 e. The highest BCUT2D eigenvalue weighted by Gasteiger charge is 2.21. The van der Waals surface area contributed by atoms with E-state index in [9.17, 15) is 13.2 Å². The molecule has 0 radical (unpaired) electrons. The lowest BCUT2D eigenvalue weighted by molar-refractivity contribution is 0.111. The van der Waals surface area contributed by atoms with Gasteiger partial charge in [-0.15, -0.1) is 0 Å². The molecule has 0 saturated carbocycles. The molecule has 3 rings (SSSR count). The Morgan fingerprint density at radius 3 is 2.52 bits per heavy atom. The maximum Gasteiger partial charge on any atom is 0.256 e. The van der Waals surface area contributed by atoms with Crippen LogP contribution in [0.15, 0.2) is 60.9 Å². The second-order valence-electron chi connectivity index (χ2n) is 6.30. The van der Waals surface area contributed by atoms with Crippen LogP contribution in [0.1, 0.15) is 29.8 Å². The minimum absolute atomic E-state index is 0.326. The second kappa shape index (κ2) is 7.75. The highest BCUT2D eigenvalue weighted by atomic mass is 32.2. The van der Waals surface area contributed by atoms with Crippen molar-refractivity contribution in [2.45, 2.75) is 25.7 Å². The standard InChI is InChI=1S/C20H20N2O4S/c1-15(2)27(24,25)22-12-17(11-21-22)18-9-6-10-20(19(18)13-23)26-14-16-7-4-3-5-8-16/h3-13,15H,14H2,1-2H3. The van der Waals surface area contributed by atoms with Gasteiger partial charge in [0.15, 0.2) is 6.29 Å². The average Bonchev–Trinajstić information content (AvgIpc) is 3.17. The number of carbonyl (C=O) groups excluding carboxylic acids is 1. The number of aromatic nitrogens is 2. The van der Waals surface area contributed by atoms with E-state index in [1.807, 2.05) is 30.3 Å². The van der Waals surface area contributed by atoms with E-state index in [0.29, 0.717) is 35.3 Å². The highest BCUT2D eigenvalue weighted by molar-refractivity contribution is 7.90. The summed E-state index contributed by atoms with van der Waals surface area (Å²) >= 11 is 0. The van der Waals surface area contributed by atoms with E-state index in [-0.39, 0.29) is 0 Å². The fourth-order valence-corrected chi connectivity index (χ4v) is 3.45. The third-order valence-electron chi connectivity index (χ3n) is 4.15. The molecule has 1 heterocycles. The summed E-state index contributed by atoms with van der Waals surface area (Å²) in [4.78, 5) is 11.7. The van der Waals surface area contributed by atoms with Crippen molar-refractivity contribution in [1.82, 2.24) is 9.19 Å². The van der Waals surface area contributed by atoms with Crippen LogP contribution in [0.5, 0.6) is 5.75 Å². The molecule has 0 aliphatic carbocycles. The van der Waals surface area contributed by atoms with Gasteiger partial charge in [0.2, 0.25) is 0 Å². The van der Waals surface area contributed by atoms with Crippen LogP contribution in [0.3, 0.4) is 0 Å². The molecule has 0 amide bonds. The zero-order chi connectivity index (χ0) is 19.4. The third-order valence-corrected chi connectivity index (χ3v) is 6.06. The quantitative estimate of drug-likeness (QED) is 0.582. The van der Waals surface area contributed by atoms with Gasteiger partial charge in [0.25, 0.3) is 10.0 Å². The van der Waals surface area contributed by atoms with E-state index in [1.165, 1.54) is 12.4 Å². The predicted molar refractivity (Wildman–Crippen MR) is 103 cm³/mol. The van der Waals surface area contributed by atoms with E-state index < -0.39 is 15.3 Å². The van der Waals surface area contributed by atoms with Gasteiger partial charge in [0, 0.05) is 5.56 Å². The largest absolute Gasteiger partial charge is 0.488 e. The third kappa shape index (κ3) is 3.93. The number of aldehydes is 1. The lowest BCUT2D eigenvalue weighted by Crippen LogP contribution is -2.22.